The molecule has 0 aliphatic carbocycles. The Morgan fingerprint density at radius 2 is 1.88 bits per heavy atom. The first-order valence-corrected chi connectivity index (χ1v) is 5.74. The molecular weight excluding hydrogens is 198 g/mol. The fourth-order valence-corrected chi connectivity index (χ4v) is 1.71. The molecule has 0 aromatic heterocycles. The van der Waals surface area contributed by atoms with Crippen LogP contribution in [0.25, 0.3) is 0 Å². The van der Waals surface area contributed by atoms with Gasteiger partial charge in [-0.1, -0.05) is 52.0 Å². The number of hydrogen-bond acceptors (Lipinski definition) is 2. The Labute approximate surface area is 97.9 Å². The first-order valence-electron chi connectivity index (χ1n) is 5.74. The monoisotopic (exact) mass is 219 g/mol. The molecule has 0 unspecified atom stereocenters. The van der Waals surface area contributed by atoms with E-state index in [1.165, 1.54) is 0 Å². The molecule has 1 aromatic carbocycles. The number of ketones is 1. The first kappa shape index (κ1) is 12.9. The molecule has 0 radical (unpaired) electrons. The van der Waals surface area contributed by atoms with Crippen LogP contribution in [-0.2, 0) is 5.41 Å². The molecule has 0 amide bonds. The molecule has 0 heterocycles. The topological polar surface area (TPSA) is 43.1 Å². The van der Waals surface area contributed by atoms with Crippen LogP contribution in [0.4, 0.5) is 0 Å². The highest BCUT2D eigenvalue weighted by Gasteiger charge is 2.25. The molecule has 2 heteroatoms. The molecule has 2 N–H and O–H groups in total. The fourth-order valence-electron chi connectivity index (χ4n) is 1.71. The zero-order valence-electron chi connectivity index (χ0n) is 10.6. The molecule has 0 bridgehead atoms. The van der Waals surface area contributed by atoms with Crippen molar-refractivity contribution in [3.05, 3.63) is 35.4 Å². The summed E-state index contributed by atoms with van der Waals surface area (Å²) in [6.45, 7) is 8.53. The van der Waals surface area contributed by atoms with E-state index in [2.05, 4.69) is 13.8 Å². The van der Waals surface area contributed by atoms with Gasteiger partial charge in [0, 0.05) is 23.4 Å². The lowest BCUT2D eigenvalue weighted by atomic mass is 9.80. The van der Waals surface area contributed by atoms with E-state index in [1.807, 2.05) is 38.1 Å². The van der Waals surface area contributed by atoms with Crippen molar-refractivity contribution in [2.45, 2.75) is 33.1 Å². The maximum atomic E-state index is 12.1. The summed E-state index contributed by atoms with van der Waals surface area (Å²) in [5.74, 6) is 0.215. The second-order valence-corrected chi connectivity index (χ2v) is 5.15. The number of rotatable bonds is 4. The van der Waals surface area contributed by atoms with E-state index in [4.69, 9.17) is 5.73 Å². The molecule has 0 saturated heterocycles. The summed E-state index contributed by atoms with van der Waals surface area (Å²) in [6.07, 6.45) is 0. The van der Waals surface area contributed by atoms with Crippen molar-refractivity contribution in [3.8, 4) is 0 Å². The van der Waals surface area contributed by atoms with E-state index in [0.717, 1.165) is 11.1 Å². The molecule has 1 rings (SSSR count). The molecule has 16 heavy (non-hydrogen) atoms. The largest absolute Gasteiger partial charge is 0.330 e. The van der Waals surface area contributed by atoms with E-state index >= 15 is 0 Å². The SMILES string of the molecule is CC(C)C(=O)c1ccccc1C(C)(C)CN. The summed E-state index contributed by atoms with van der Waals surface area (Å²) in [4.78, 5) is 12.1. The molecule has 0 aliphatic rings. The molecule has 88 valence electrons. The fraction of sp³-hybridized carbons (Fsp3) is 0.500. The third kappa shape index (κ3) is 2.50. The maximum absolute atomic E-state index is 12.1. The van der Waals surface area contributed by atoms with Gasteiger partial charge in [-0.2, -0.15) is 0 Å². The molecule has 0 aliphatic heterocycles. The van der Waals surface area contributed by atoms with Crippen LogP contribution in [0.15, 0.2) is 24.3 Å². The average molecular weight is 219 g/mol. The quantitative estimate of drug-likeness (QED) is 0.791. The number of carbonyl (C=O) groups is 1. The Bertz CT molecular complexity index is 380. The van der Waals surface area contributed by atoms with E-state index in [0.29, 0.717) is 6.54 Å². The minimum absolute atomic E-state index is 0.0229. The van der Waals surface area contributed by atoms with Crippen LogP contribution in [0.2, 0.25) is 0 Å². The predicted molar refractivity (Wildman–Crippen MR) is 67.7 cm³/mol. The average Bonchev–Trinajstić information content (AvgIpc) is 2.28. The van der Waals surface area contributed by atoms with Gasteiger partial charge in [0.25, 0.3) is 0 Å². The van der Waals surface area contributed by atoms with Crippen molar-refractivity contribution < 1.29 is 4.79 Å². The van der Waals surface area contributed by atoms with Crippen LogP contribution in [0.1, 0.15) is 43.6 Å². The van der Waals surface area contributed by atoms with Gasteiger partial charge >= 0.3 is 0 Å². The summed E-state index contributed by atoms with van der Waals surface area (Å²) in [7, 11) is 0. The second kappa shape index (κ2) is 4.79. The lowest BCUT2D eigenvalue weighted by molar-refractivity contribution is 0.0937. The Morgan fingerprint density at radius 3 is 2.38 bits per heavy atom. The number of benzene rings is 1. The highest BCUT2D eigenvalue weighted by molar-refractivity contribution is 5.99. The van der Waals surface area contributed by atoms with E-state index < -0.39 is 0 Å². The van der Waals surface area contributed by atoms with Crippen molar-refractivity contribution in [2.75, 3.05) is 6.54 Å². The van der Waals surface area contributed by atoms with E-state index in [9.17, 15) is 4.79 Å². The van der Waals surface area contributed by atoms with Crippen molar-refractivity contribution in [1.29, 1.82) is 0 Å². The zero-order valence-corrected chi connectivity index (χ0v) is 10.6. The van der Waals surface area contributed by atoms with Gasteiger partial charge in [0.1, 0.15) is 0 Å². The minimum atomic E-state index is -0.152. The Morgan fingerprint density at radius 1 is 1.31 bits per heavy atom. The maximum Gasteiger partial charge on any atom is 0.165 e. The van der Waals surface area contributed by atoms with Gasteiger partial charge < -0.3 is 5.73 Å². The van der Waals surface area contributed by atoms with Crippen LogP contribution in [0, 0.1) is 5.92 Å². The molecule has 0 fully saturated rings. The van der Waals surface area contributed by atoms with Crippen LogP contribution in [-0.4, -0.2) is 12.3 Å². The van der Waals surface area contributed by atoms with Gasteiger partial charge in [-0.25, -0.2) is 0 Å². The molecular formula is C14H21NO. The number of hydrogen-bond donors (Lipinski definition) is 1. The highest BCUT2D eigenvalue weighted by atomic mass is 16.1. The molecule has 0 saturated carbocycles. The second-order valence-electron chi connectivity index (χ2n) is 5.15. The molecule has 2 nitrogen and oxygen atoms in total. The van der Waals surface area contributed by atoms with Crippen molar-refractivity contribution in [1.82, 2.24) is 0 Å². The number of nitrogens with two attached hydrogens (primary N) is 1. The lowest BCUT2D eigenvalue weighted by Gasteiger charge is -2.26. The van der Waals surface area contributed by atoms with Gasteiger partial charge in [0.15, 0.2) is 5.78 Å². The Hall–Kier alpha value is -1.15. The summed E-state index contributed by atoms with van der Waals surface area (Å²) >= 11 is 0. The smallest absolute Gasteiger partial charge is 0.165 e. The first-order chi connectivity index (χ1) is 7.40. The molecule has 0 atom stereocenters. The summed E-state index contributed by atoms with van der Waals surface area (Å²) < 4.78 is 0. The predicted octanol–water partition coefficient (Wildman–Crippen LogP) is 2.76. The van der Waals surface area contributed by atoms with Crippen LogP contribution in [0.5, 0.6) is 0 Å². The van der Waals surface area contributed by atoms with Gasteiger partial charge in [0.2, 0.25) is 0 Å². The highest BCUT2D eigenvalue weighted by Crippen LogP contribution is 2.26. The van der Waals surface area contributed by atoms with Gasteiger partial charge in [0.05, 0.1) is 0 Å². The van der Waals surface area contributed by atoms with Crippen molar-refractivity contribution in [3.63, 3.8) is 0 Å². The number of Topliss-reactive ketones (excluding diaryl/α,β-unsaturated/α-hetero) is 1. The van der Waals surface area contributed by atoms with E-state index in [-0.39, 0.29) is 17.1 Å². The van der Waals surface area contributed by atoms with Crippen molar-refractivity contribution >= 4 is 5.78 Å². The third-order valence-corrected chi connectivity index (χ3v) is 2.96. The molecule has 1 aromatic rings. The summed E-state index contributed by atoms with van der Waals surface area (Å²) in [5, 5.41) is 0. The summed E-state index contributed by atoms with van der Waals surface area (Å²) in [5.41, 5.74) is 7.49. The van der Waals surface area contributed by atoms with Crippen LogP contribution >= 0.6 is 0 Å². The summed E-state index contributed by atoms with van der Waals surface area (Å²) in [6, 6.07) is 7.77. The van der Waals surface area contributed by atoms with E-state index in [1.54, 1.807) is 0 Å². The lowest BCUT2D eigenvalue weighted by Crippen LogP contribution is -2.30. The Balaban J connectivity index is 3.26. The normalized spacial score (nSPS) is 11.9. The third-order valence-electron chi connectivity index (χ3n) is 2.96. The zero-order chi connectivity index (χ0) is 12.3. The minimum Gasteiger partial charge on any atom is -0.330 e. The number of carbonyl (C=O) groups excluding carboxylic acids is 1. The molecule has 0 spiro atoms. The van der Waals surface area contributed by atoms with Crippen LogP contribution in [0.3, 0.4) is 0 Å². The van der Waals surface area contributed by atoms with Gasteiger partial charge in [-0.15, -0.1) is 0 Å². The van der Waals surface area contributed by atoms with Gasteiger partial charge in [-0.05, 0) is 5.56 Å². The standard InChI is InChI=1S/C14H21NO/c1-10(2)13(16)11-7-5-6-8-12(11)14(3,4)9-15/h5-8,10H,9,15H2,1-4H3. The van der Waals surface area contributed by atoms with Gasteiger partial charge in [-0.3, -0.25) is 4.79 Å². The Kier molecular flexibility index (Phi) is 3.87. The van der Waals surface area contributed by atoms with Crippen molar-refractivity contribution in [2.24, 2.45) is 11.7 Å². The van der Waals surface area contributed by atoms with Crippen LogP contribution < -0.4 is 5.73 Å².